The molecule has 0 saturated carbocycles. The van der Waals surface area contributed by atoms with E-state index in [0.29, 0.717) is 24.1 Å². The van der Waals surface area contributed by atoms with Crippen molar-refractivity contribution in [2.24, 2.45) is 5.92 Å². The van der Waals surface area contributed by atoms with Crippen LogP contribution in [0.3, 0.4) is 0 Å². The Balaban J connectivity index is 1.34. The van der Waals surface area contributed by atoms with Gasteiger partial charge in [-0.2, -0.15) is 11.8 Å². The van der Waals surface area contributed by atoms with Gasteiger partial charge in [0.15, 0.2) is 0 Å². The monoisotopic (exact) mass is 370 g/mol. The molecule has 0 amide bonds. The maximum Gasteiger partial charge on any atom is 0.275 e. The molecular formula is C19H22N4O2S. The SMILES string of the molecule is O=c1[nH]cnc2c(CN3C[C@H](CSCc4ccccc4)[C@H](O)C3)c[nH]c12. The van der Waals surface area contributed by atoms with Crippen LogP contribution in [0.15, 0.2) is 47.7 Å². The first kappa shape index (κ1) is 17.3. The van der Waals surface area contributed by atoms with Crippen LogP contribution in [-0.2, 0) is 12.3 Å². The normalized spacial score (nSPS) is 20.8. The van der Waals surface area contributed by atoms with Gasteiger partial charge in [0, 0.05) is 48.8 Å². The summed E-state index contributed by atoms with van der Waals surface area (Å²) in [5.41, 5.74) is 3.38. The molecule has 0 aliphatic carbocycles. The smallest absolute Gasteiger partial charge is 0.275 e. The van der Waals surface area contributed by atoms with E-state index >= 15 is 0 Å². The quantitative estimate of drug-likeness (QED) is 0.618. The highest BCUT2D eigenvalue weighted by atomic mass is 32.2. The fraction of sp³-hybridized carbons (Fsp3) is 0.368. The van der Waals surface area contributed by atoms with E-state index in [4.69, 9.17) is 0 Å². The molecule has 0 unspecified atom stereocenters. The van der Waals surface area contributed by atoms with Crippen molar-refractivity contribution in [1.29, 1.82) is 0 Å². The lowest BCUT2D eigenvalue weighted by Gasteiger charge is -2.15. The van der Waals surface area contributed by atoms with Crippen LogP contribution in [0.1, 0.15) is 11.1 Å². The zero-order valence-corrected chi connectivity index (χ0v) is 15.2. The summed E-state index contributed by atoms with van der Waals surface area (Å²) >= 11 is 1.87. The number of nitrogens with one attached hydrogen (secondary N) is 2. The van der Waals surface area contributed by atoms with Gasteiger partial charge in [0.1, 0.15) is 5.52 Å². The summed E-state index contributed by atoms with van der Waals surface area (Å²) in [4.78, 5) is 23.9. The van der Waals surface area contributed by atoms with Crippen molar-refractivity contribution < 1.29 is 5.11 Å². The molecule has 7 heteroatoms. The van der Waals surface area contributed by atoms with Crippen LogP contribution in [0.2, 0.25) is 0 Å². The number of likely N-dealkylation sites (tertiary alicyclic amines) is 1. The number of H-pyrrole nitrogens is 2. The van der Waals surface area contributed by atoms with Gasteiger partial charge in [-0.1, -0.05) is 30.3 Å². The lowest BCUT2D eigenvalue weighted by atomic mass is 10.1. The molecule has 0 radical (unpaired) electrons. The van der Waals surface area contributed by atoms with Gasteiger partial charge in [0.2, 0.25) is 0 Å². The average molecular weight is 370 g/mol. The Hall–Kier alpha value is -2.09. The molecule has 1 saturated heterocycles. The highest BCUT2D eigenvalue weighted by Crippen LogP contribution is 2.25. The second-order valence-corrected chi connectivity index (χ2v) is 7.82. The van der Waals surface area contributed by atoms with Gasteiger partial charge in [-0.05, 0) is 5.56 Å². The number of aromatic nitrogens is 3. The first-order chi connectivity index (χ1) is 12.7. The predicted molar refractivity (Wildman–Crippen MR) is 104 cm³/mol. The van der Waals surface area contributed by atoms with Crippen LogP contribution in [0.25, 0.3) is 11.0 Å². The van der Waals surface area contributed by atoms with Gasteiger partial charge in [0.05, 0.1) is 17.9 Å². The third-order valence-corrected chi connectivity index (χ3v) is 6.07. The van der Waals surface area contributed by atoms with Gasteiger partial charge < -0.3 is 15.1 Å². The molecule has 1 fully saturated rings. The number of aliphatic hydroxyl groups excluding tert-OH is 1. The number of aliphatic hydroxyl groups is 1. The molecule has 3 heterocycles. The van der Waals surface area contributed by atoms with E-state index in [-0.39, 0.29) is 17.6 Å². The summed E-state index contributed by atoms with van der Waals surface area (Å²) in [5, 5.41) is 10.4. The minimum Gasteiger partial charge on any atom is -0.391 e. The summed E-state index contributed by atoms with van der Waals surface area (Å²) in [7, 11) is 0. The number of hydrogen-bond donors (Lipinski definition) is 3. The summed E-state index contributed by atoms with van der Waals surface area (Å²) in [6, 6.07) is 10.4. The Morgan fingerprint density at radius 3 is 2.92 bits per heavy atom. The maximum atomic E-state index is 11.8. The van der Waals surface area contributed by atoms with Crippen LogP contribution in [0.4, 0.5) is 0 Å². The second-order valence-electron chi connectivity index (χ2n) is 6.79. The predicted octanol–water partition coefficient (Wildman–Crippen LogP) is 1.98. The molecular weight excluding hydrogens is 348 g/mol. The third-order valence-electron chi connectivity index (χ3n) is 4.87. The highest BCUT2D eigenvalue weighted by molar-refractivity contribution is 7.98. The molecule has 4 rings (SSSR count). The van der Waals surface area contributed by atoms with Crippen molar-refractivity contribution in [1.82, 2.24) is 19.9 Å². The number of benzene rings is 1. The summed E-state index contributed by atoms with van der Waals surface area (Å²) in [6.45, 7) is 2.21. The molecule has 6 nitrogen and oxygen atoms in total. The van der Waals surface area contributed by atoms with Crippen molar-refractivity contribution in [3.63, 3.8) is 0 Å². The third kappa shape index (κ3) is 3.70. The number of nitrogens with zero attached hydrogens (tertiary/aromatic N) is 2. The summed E-state index contributed by atoms with van der Waals surface area (Å²) in [6.07, 6.45) is 2.97. The second kappa shape index (κ2) is 7.65. The largest absolute Gasteiger partial charge is 0.391 e. The molecule has 1 aliphatic heterocycles. The molecule has 0 spiro atoms. The molecule has 136 valence electrons. The molecule has 1 aromatic carbocycles. The fourth-order valence-corrected chi connectivity index (χ4v) is 4.68. The Kier molecular flexibility index (Phi) is 5.10. The Morgan fingerprint density at radius 1 is 1.23 bits per heavy atom. The number of rotatable bonds is 6. The Labute approximate surface area is 155 Å². The van der Waals surface area contributed by atoms with E-state index in [1.165, 1.54) is 11.9 Å². The topological polar surface area (TPSA) is 85.0 Å². The Morgan fingerprint density at radius 2 is 2.08 bits per heavy atom. The summed E-state index contributed by atoms with van der Waals surface area (Å²) in [5.74, 6) is 2.18. The van der Waals surface area contributed by atoms with Gasteiger partial charge in [-0.3, -0.25) is 9.69 Å². The molecule has 3 aromatic rings. The standard InChI is InChI=1S/C19H22N4O2S/c24-16-9-23(7-14-6-20-18-17(14)21-12-22-19(18)25)8-15(16)11-26-10-13-4-2-1-3-5-13/h1-6,12,15-16,20,24H,7-11H2,(H,21,22,25)/t15-,16-/m1/s1. The van der Waals surface area contributed by atoms with E-state index in [9.17, 15) is 9.90 Å². The van der Waals surface area contributed by atoms with Crippen LogP contribution < -0.4 is 5.56 Å². The number of β-amino-alcohol motifs (C(OH)–C–C–N with tert-alkyl or cyclic N) is 1. The number of aromatic amines is 2. The molecule has 26 heavy (non-hydrogen) atoms. The average Bonchev–Trinajstić information content (AvgIpc) is 3.21. The van der Waals surface area contributed by atoms with Gasteiger partial charge in [-0.25, -0.2) is 4.98 Å². The zero-order chi connectivity index (χ0) is 17.9. The van der Waals surface area contributed by atoms with Crippen LogP contribution >= 0.6 is 11.8 Å². The first-order valence-electron chi connectivity index (χ1n) is 8.76. The number of thioether (sulfide) groups is 1. The minimum absolute atomic E-state index is 0.155. The lowest BCUT2D eigenvalue weighted by molar-refractivity contribution is 0.149. The molecule has 3 N–H and O–H groups in total. The van der Waals surface area contributed by atoms with Crippen molar-refractivity contribution >= 4 is 22.8 Å². The van der Waals surface area contributed by atoms with Crippen molar-refractivity contribution in [3.05, 3.63) is 64.3 Å². The van der Waals surface area contributed by atoms with E-state index in [2.05, 4.69) is 44.1 Å². The maximum absolute atomic E-state index is 11.8. The Bertz CT molecular complexity index is 924. The van der Waals surface area contributed by atoms with Gasteiger partial charge >= 0.3 is 0 Å². The van der Waals surface area contributed by atoms with Crippen molar-refractivity contribution in [2.75, 3.05) is 18.8 Å². The van der Waals surface area contributed by atoms with E-state index in [0.717, 1.165) is 23.6 Å². The van der Waals surface area contributed by atoms with Gasteiger partial charge in [0.25, 0.3) is 5.56 Å². The van der Waals surface area contributed by atoms with E-state index in [1.807, 2.05) is 24.0 Å². The van der Waals surface area contributed by atoms with Gasteiger partial charge in [-0.15, -0.1) is 0 Å². The zero-order valence-electron chi connectivity index (χ0n) is 14.4. The number of hydrogen-bond acceptors (Lipinski definition) is 5. The van der Waals surface area contributed by atoms with Crippen molar-refractivity contribution in [2.45, 2.75) is 18.4 Å². The number of fused-ring (bicyclic) bond motifs is 1. The van der Waals surface area contributed by atoms with E-state index < -0.39 is 0 Å². The van der Waals surface area contributed by atoms with Crippen LogP contribution in [0.5, 0.6) is 0 Å². The minimum atomic E-state index is -0.306. The van der Waals surface area contributed by atoms with E-state index in [1.54, 1.807) is 0 Å². The summed E-state index contributed by atoms with van der Waals surface area (Å²) < 4.78 is 0. The fourth-order valence-electron chi connectivity index (χ4n) is 3.50. The van der Waals surface area contributed by atoms with Crippen molar-refractivity contribution in [3.8, 4) is 0 Å². The molecule has 2 atom stereocenters. The lowest BCUT2D eigenvalue weighted by Crippen LogP contribution is -2.21. The molecule has 0 bridgehead atoms. The molecule has 2 aromatic heterocycles. The first-order valence-corrected chi connectivity index (χ1v) is 9.92. The van der Waals surface area contributed by atoms with Crippen LogP contribution in [0, 0.1) is 5.92 Å². The van der Waals surface area contributed by atoms with Crippen LogP contribution in [-0.4, -0.2) is 49.9 Å². The highest BCUT2D eigenvalue weighted by Gasteiger charge is 2.31. The molecule has 1 aliphatic rings.